The summed E-state index contributed by atoms with van der Waals surface area (Å²) in [6.07, 6.45) is 1.91. The van der Waals surface area contributed by atoms with E-state index in [1.54, 1.807) is 11.3 Å². The number of aryl methyl sites for hydroxylation is 3. The second kappa shape index (κ2) is 6.68. The van der Waals surface area contributed by atoms with Gasteiger partial charge in [0, 0.05) is 13.2 Å². The van der Waals surface area contributed by atoms with E-state index in [1.807, 2.05) is 13.8 Å². The van der Waals surface area contributed by atoms with E-state index in [1.165, 1.54) is 5.56 Å². The first-order valence-electron chi connectivity index (χ1n) is 8.48. The van der Waals surface area contributed by atoms with Crippen LogP contribution in [0.25, 0.3) is 10.2 Å². The Morgan fingerprint density at radius 2 is 1.92 bits per heavy atom. The van der Waals surface area contributed by atoms with Crippen molar-refractivity contribution in [3.05, 3.63) is 28.5 Å². The fraction of sp³-hybridized carbons (Fsp3) is 0.529. The summed E-state index contributed by atoms with van der Waals surface area (Å²) in [7, 11) is 0. The molecule has 1 aliphatic heterocycles. The number of hydrogen-bond acceptors (Lipinski definition) is 8. The summed E-state index contributed by atoms with van der Waals surface area (Å²) in [4.78, 5) is 14.7. The van der Waals surface area contributed by atoms with Crippen LogP contribution >= 0.6 is 11.3 Å². The van der Waals surface area contributed by atoms with Crippen molar-refractivity contribution >= 4 is 27.4 Å². The van der Waals surface area contributed by atoms with Crippen LogP contribution in [0.2, 0.25) is 0 Å². The lowest BCUT2D eigenvalue weighted by molar-refractivity contribution is 0.0571. The summed E-state index contributed by atoms with van der Waals surface area (Å²) in [5, 5.41) is 10.8. The molecule has 1 fully saturated rings. The summed E-state index contributed by atoms with van der Waals surface area (Å²) in [6.45, 7) is 7.35. The molecule has 0 saturated carbocycles. The molecule has 0 bridgehead atoms. The number of nitrogens with one attached hydrogen (secondary N) is 1. The highest BCUT2D eigenvalue weighted by Gasteiger charge is 2.31. The van der Waals surface area contributed by atoms with Crippen LogP contribution in [0, 0.1) is 26.7 Å². The van der Waals surface area contributed by atoms with Gasteiger partial charge < -0.3 is 14.6 Å². The molecule has 0 amide bonds. The molecule has 3 aromatic rings. The number of rotatable bonds is 4. The second-order valence-corrected chi connectivity index (χ2v) is 7.33. The van der Waals surface area contributed by atoms with E-state index in [-0.39, 0.29) is 6.04 Å². The first kappa shape index (κ1) is 16.4. The number of fused-ring (bicyclic) bond motifs is 1. The van der Waals surface area contributed by atoms with Crippen molar-refractivity contribution in [1.82, 2.24) is 20.1 Å². The molecule has 4 rings (SSSR count). The van der Waals surface area contributed by atoms with Gasteiger partial charge in [0.25, 0.3) is 0 Å². The molecule has 132 valence electrons. The number of aromatic nitrogens is 4. The molecular formula is C17H21N5O2S. The Kier molecular flexibility index (Phi) is 4.39. The van der Waals surface area contributed by atoms with Gasteiger partial charge in [-0.3, -0.25) is 0 Å². The van der Waals surface area contributed by atoms with Crippen LogP contribution in [-0.4, -0.2) is 33.3 Å². The lowest BCUT2D eigenvalue weighted by atomic mass is 9.91. The first-order chi connectivity index (χ1) is 12.1. The highest BCUT2D eigenvalue weighted by Crippen LogP contribution is 2.36. The van der Waals surface area contributed by atoms with Gasteiger partial charge in [-0.1, -0.05) is 5.16 Å². The van der Waals surface area contributed by atoms with Crippen molar-refractivity contribution in [1.29, 1.82) is 0 Å². The Labute approximate surface area is 149 Å². The van der Waals surface area contributed by atoms with Crippen molar-refractivity contribution in [2.75, 3.05) is 18.5 Å². The van der Waals surface area contributed by atoms with Crippen LogP contribution < -0.4 is 5.32 Å². The van der Waals surface area contributed by atoms with Crippen molar-refractivity contribution in [2.45, 2.75) is 39.7 Å². The minimum Gasteiger partial charge on any atom is -0.381 e. The Hall–Kier alpha value is -2.06. The van der Waals surface area contributed by atoms with Crippen LogP contribution in [0.1, 0.15) is 42.0 Å². The number of nitrogens with zero attached hydrogens (tertiary/aromatic N) is 4. The quantitative estimate of drug-likeness (QED) is 0.762. The molecule has 0 aliphatic carbocycles. The molecule has 4 heterocycles. The van der Waals surface area contributed by atoms with Gasteiger partial charge in [-0.05, 0) is 50.5 Å². The third kappa shape index (κ3) is 3.23. The third-order valence-electron chi connectivity index (χ3n) is 4.57. The molecular weight excluding hydrogens is 338 g/mol. The van der Waals surface area contributed by atoms with Crippen LogP contribution in [0.4, 0.5) is 5.82 Å². The molecule has 0 aromatic carbocycles. The van der Waals surface area contributed by atoms with Gasteiger partial charge >= 0.3 is 0 Å². The third-order valence-corrected chi connectivity index (χ3v) is 5.56. The monoisotopic (exact) mass is 359 g/mol. The van der Waals surface area contributed by atoms with E-state index in [0.717, 1.165) is 47.9 Å². The van der Waals surface area contributed by atoms with E-state index in [2.05, 4.69) is 37.7 Å². The molecule has 0 radical (unpaired) electrons. The summed E-state index contributed by atoms with van der Waals surface area (Å²) >= 11 is 1.64. The van der Waals surface area contributed by atoms with E-state index in [9.17, 15) is 0 Å². The fourth-order valence-electron chi connectivity index (χ4n) is 3.31. The molecule has 1 saturated heterocycles. The zero-order valence-electron chi connectivity index (χ0n) is 14.6. The molecule has 7 nitrogen and oxygen atoms in total. The number of anilines is 1. The maximum Gasteiger partial charge on any atom is 0.249 e. The van der Waals surface area contributed by atoms with Crippen molar-refractivity contribution in [3.63, 3.8) is 0 Å². The van der Waals surface area contributed by atoms with E-state index < -0.39 is 0 Å². The molecule has 1 unspecified atom stereocenters. The van der Waals surface area contributed by atoms with Gasteiger partial charge in [0.2, 0.25) is 5.89 Å². The molecule has 8 heteroatoms. The van der Waals surface area contributed by atoms with Gasteiger partial charge in [-0.2, -0.15) is 4.98 Å². The Morgan fingerprint density at radius 3 is 2.64 bits per heavy atom. The van der Waals surface area contributed by atoms with E-state index in [0.29, 0.717) is 17.6 Å². The molecule has 1 atom stereocenters. The minimum absolute atomic E-state index is 0.0816. The number of thiophene rings is 1. The zero-order chi connectivity index (χ0) is 17.4. The highest BCUT2D eigenvalue weighted by atomic mass is 32.1. The van der Waals surface area contributed by atoms with Crippen LogP contribution in [0.3, 0.4) is 0 Å². The largest absolute Gasteiger partial charge is 0.381 e. The fourth-order valence-corrected chi connectivity index (χ4v) is 4.28. The van der Waals surface area contributed by atoms with Crippen LogP contribution in [0.15, 0.2) is 9.90 Å². The highest BCUT2D eigenvalue weighted by molar-refractivity contribution is 7.17. The molecule has 25 heavy (non-hydrogen) atoms. The number of hydrogen-bond donors (Lipinski definition) is 1. The van der Waals surface area contributed by atoms with Gasteiger partial charge in [-0.25, -0.2) is 9.97 Å². The van der Waals surface area contributed by atoms with Crippen molar-refractivity contribution < 1.29 is 9.26 Å². The molecule has 0 spiro atoms. The lowest BCUT2D eigenvalue weighted by Crippen LogP contribution is -2.27. The average molecular weight is 359 g/mol. The van der Waals surface area contributed by atoms with Crippen molar-refractivity contribution in [2.24, 2.45) is 5.92 Å². The molecule has 1 N–H and O–H groups in total. The van der Waals surface area contributed by atoms with Crippen molar-refractivity contribution in [3.8, 4) is 0 Å². The number of ether oxygens (including phenoxy) is 1. The van der Waals surface area contributed by atoms with Crippen LogP contribution in [-0.2, 0) is 4.74 Å². The SMILES string of the molecule is Cc1noc(C(Nc2nc(C)nc3scc(C)c23)C2CCOCC2)n1. The van der Waals surface area contributed by atoms with Gasteiger partial charge in [0.1, 0.15) is 22.5 Å². The summed E-state index contributed by atoms with van der Waals surface area (Å²) in [5.41, 5.74) is 1.18. The average Bonchev–Trinajstić information content (AvgIpc) is 3.19. The maximum atomic E-state index is 5.52. The minimum atomic E-state index is -0.0816. The van der Waals surface area contributed by atoms with Gasteiger partial charge in [0.15, 0.2) is 5.82 Å². The van der Waals surface area contributed by atoms with Gasteiger partial charge in [0.05, 0.1) is 5.39 Å². The predicted molar refractivity (Wildman–Crippen MR) is 95.8 cm³/mol. The topological polar surface area (TPSA) is 86.0 Å². The second-order valence-electron chi connectivity index (χ2n) is 6.47. The smallest absolute Gasteiger partial charge is 0.249 e. The van der Waals surface area contributed by atoms with Gasteiger partial charge in [-0.15, -0.1) is 11.3 Å². The Bertz CT molecular complexity index is 884. The zero-order valence-corrected chi connectivity index (χ0v) is 15.4. The molecule has 1 aliphatic rings. The summed E-state index contributed by atoms with van der Waals surface area (Å²) in [6, 6.07) is -0.0816. The van der Waals surface area contributed by atoms with Crippen LogP contribution in [0.5, 0.6) is 0 Å². The first-order valence-corrected chi connectivity index (χ1v) is 9.36. The molecule has 3 aromatic heterocycles. The predicted octanol–water partition coefficient (Wildman–Crippen LogP) is 3.58. The Balaban J connectivity index is 1.74. The Morgan fingerprint density at radius 1 is 1.12 bits per heavy atom. The normalized spacial score (nSPS) is 17.1. The summed E-state index contributed by atoms with van der Waals surface area (Å²) in [5.74, 6) is 3.21. The lowest BCUT2D eigenvalue weighted by Gasteiger charge is -2.29. The maximum absolute atomic E-state index is 5.52. The summed E-state index contributed by atoms with van der Waals surface area (Å²) < 4.78 is 11.0. The standard InChI is InChI=1S/C17H21N5O2S/c1-9-8-25-17-13(9)15(18-10(2)20-17)21-14(12-4-6-23-7-5-12)16-19-11(3)22-24-16/h8,12,14H,4-7H2,1-3H3,(H,18,20,21). The van der Waals surface area contributed by atoms with E-state index >= 15 is 0 Å². The van der Waals surface area contributed by atoms with E-state index in [4.69, 9.17) is 9.26 Å².